The number of guanidine groups is 1. The normalized spacial score (nSPS) is 11.8. The van der Waals surface area contributed by atoms with E-state index in [0.717, 1.165) is 24.6 Å². The molecule has 0 heterocycles. The van der Waals surface area contributed by atoms with E-state index in [9.17, 15) is 4.79 Å². The van der Waals surface area contributed by atoms with Crippen molar-refractivity contribution in [3.8, 4) is 0 Å². The van der Waals surface area contributed by atoms with Gasteiger partial charge in [0.2, 0.25) is 0 Å². The number of halogens is 1. The van der Waals surface area contributed by atoms with Crippen LogP contribution in [0.1, 0.15) is 29.8 Å². The molecule has 2 N–H and O–H groups in total. The number of carbonyl (C=O) groups is 1. The fourth-order valence-corrected chi connectivity index (χ4v) is 2.66. The van der Waals surface area contributed by atoms with Crippen LogP contribution in [0.25, 0.3) is 0 Å². The lowest BCUT2D eigenvalue weighted by atomic mass is 9.93. The van der Waals surface area contributed by atoms with Crippen LogP contribution in [-0.2, 0) is 6.54 Å². The van der Waals surface area contributed by atoms with Gasteiger partial charge in [-0.25, -0.2) is 0 Å². The lowest BCUT2D eigenvalue weighted by Gasteiger charge is -2.29. The first kappa shape index (κ1) is 24.7. The van der Waals surface area contributed by atoms with Gasteiger partial charge in [0.25, 0.3) is 5.91 Å². The molecule has 26 heavy (non-hydrogen) atoms. The molecule has 6 nitrogen and oxygen atoms in total. The van der Waals surface area contributed by atoms with E-state index in [0.29, 0.717) is 12.1 Å². The van der Waals surface area contributed by atoms with Crippen LogP contribution in [-0.4, -0.2) is 70.0 Å². The van der Waals surface area contributed by atoms with Gasteiger partial charge < -0.3 is 20.4 Å². The number of hydrogen-bond donors (Lipinski definition) is 2. The largest absolute Gasteiger partial charge is 0.356 e. The van der Waals surface area contributed by atoms with Crippen molar-refractivity contribution >= 4 is 35.8 Å². The molecule has 0 radical (unpaired) electrons. The lowest BCUT2D eigenvalue weighted by molar-refractivity contribution is 0.0827. The van der Waals surface area contributed by atoms with Gasteiger partial charge in [-0.05, 0) is 37.2 Å². The minimum absolute atomic E-state index is 0. The summed E-state index contributed by atoms with van der Waals surface area (Å²) < 4.78 is 0. The Morgan fingerprint density at radius 1 is 1.08 bits per heavy atom. The topological polar surface area (TPSA) is 60.0 Å². The highest BCUT2D eigenvalue weighted by Gasteiger charge is 2.19. The second kappa shape index (κ2) is 11.4. The monoisotopic (exact) mass is 475 g/mol. The van der Waals surface area contributed by atoms with E-state index in [-0.39, 0.29) is 35.3 Å². The fourth-order valence-electron chi connectivity index (χ4n) is 2.66. The van der Waals surface area contributed by atoms with Crippen LogP contribution >= 0.6 is 24.0 Å². The summed E-state index contributed by atoms with van der Waals surface area (Å²) in [5, 5.41) is 6.69. The number of nitrogens with zero attached hydrogens (tertiary/aromatic N) is 3. The number of rotatable bonds is 7. The number of amides is 1. The van der Waals surface area contributed by atoms with Crippen LogP contribution in [0.3, 0.4) is 0 Å². The smallest absolute Gasteiger partial charge is 0.253 e. The van der Waals surface area contributed by atoms with E-state index in [2.05, 4.69) is 48.5 Å². The first-order valence-corrected chi connectivity index (χ1v) is 8.54. The highest BCUT2D eigenvalue weighted by Crippen LogP contribution is 2.14. The molecule has 0 saturated heterocycles. The Kier molecular flexibility index (Phi) is 10.8. The Labute approximate surface area is 175 Å². The molecule has 148 valence electrons. The molecule has 0 saturated carbocycles. The third-order valence-corrected chi connectivity index (χ3v) is 3.77. The van der Waals surface area contributed by atoms with E-state index in [1.54, 1.807) is 26.0 Å². The summed E-state index contributed by atoms with van der Waals surface area (Å²) in [5.41, 5.74) is 1.95. The summed E-state index contributed by atoms with van der Waals surface area (Å²) in [5.74, 6) is 0.792. The second-order valence-corrected chi connectivity index (χ2v) is 7.58. The van der Waals surface area contributed by atoms with Crippen molar-refractivity contribution < 1.29 is 4.79 Å². The van der Waals surface area contributed by atoms with Gasteiger partial charge in [0.15, 0.2) is 5.96 Å². The molecular formula is C19H34IN5O. The summed E-state index contributed by atoms with van der Waals surface area (Å²) in [6.07, 6.45) is 0. The number of nitrogens with one attached hydrogen (secondary N) is 2. The fraction of sp³-hybridized carbons (Fsp3) is 0.579. The quantitative estimate of drug-likeness (QED) is 0.361. The zero-order valence-corrected chi connectivity index (χ0v) is 19.4. The van der Waals surface area contributed by atoms with Crippen molar-refractivity contribution in [2.45, 2.75) is 20.4 Å². The Morgan fingerprint density at radius 2 is 1.65 bits per heavy atom. The first-order valence-electron chi connectivity index (χ1n) is 8.54. The van der Waals surface area contributed by atoms with Crippen molar-refractivity contribution in [1.29, 1.82) is 0 Å². The first-order chi connectivity index (χ1) is 11.6. The summed E-state index contributed by atoms with van der Waals surface area (Å²) in [6, 6.07) is 7.64. The highest BCUT2D eigenvalue weighted by molar-refractivity contribution is 14.0. The molecule has 0 aromatic heterocycles. The summed E-state index contributed by atoms with van der Waals surface area (Å²) in [6.45, 7) is 6.95. The predicted octanol–water partition coefficient (Wildman–Crippen LogP) is 2.26. The molecule has 1 amide bonds. The van der Waals surface area contributed by atoms with E-state index in [1.807, 2.05) is 24.3 Å². The maximum absolute atomic E-state index is 11.9. The SMILES string of the molecule is CN=C(NCc1ccc(C(=O)N(C)C)cc1)NCC(C)(C)CN(C)C.I. The highest BCUT2D eigenvalue weighted by atomic mass is 127. The number of aliphatic imine (C=N–C) groups is 1. The zero-order chi connectivity index (χ0) is 19.0. The van der Waals surface area contributed by atoms with Crippen LogP contribution in [0.4, 0.5) is 0 Å². The van der Waals surface area contributed by atoms with Gasteiger partial charge in [0.05, 0.1) is 0 Å². The van der Waals surface area contributed by atoms with Crippen LogP contribution in [0.15, 0.2) is 29.3 Å². The molecule has 0 fully saturated rings. The molecule has 0 aliphatic carbocycles. The van der Waals surface area contributed by atoms with Gasteiger partial charge in [0.1, 0.15) is 0 Å². The molecule has 0 bridgehead atoms. The van der Waals surface area contributed by atoms with Crippen molar-refractivity contribution in [3.05, 3.63) is 35.4 Å². The average molecular weight is 475 g/mol. The molecule has 0 aliphatic rings. The van der Waals surface area contributed by atoms with Gasteiger partial charge in [-0.3, -0.25) is 9.79 Å². The van der Waals surface area contributed by atoms with Gasteiger partial charge in [0, 0.05) is 46.3 Å². The van der Waals surface area contributed by atoms with Crippen molar-refractivity contribution in [2.75, 3.05) is 48.3 Å². The molecule has 0 spiro atoms. The minimum atomic E-state index is 0. The Balaban J connectivity index is 0.00000625. The number of hydrogen-bond acceptors (Lipinski definition) is 3. The van der Waals surface area contributed by atoms with Crippen LogP contribution in [0.2, 0.25) is 0 Å². The number of carbonyl (C=O) groups excluding carboxylic acids is 1. The molecule has 0 unspecified atom stereocenters. The molecule has 1 aromatic carbocycles. The third kappa shape index (κ3) is 8.84. The Morgan fingerprint density at radius 3 is 2.12 bits per heavy atom. The van der Waals surface area contributed by atoms with Gasteiger partial charge in [-0.1, -0.05) is 26.0 Å². The van der Waals surface area contributed by atoms with Crippen LogP contribution in [0, 0.1) is 5.41 Å². The molecule has 1 rings (SSSR count). The summed E-state index contributed by atoms with van der Waals surface area (Å²) in [7, 11) is 9.45. The molecule has 7 heteroatoms. The molecule has 0 aliphatic heterocycles. The average Bonchev–Trinajstić information content (AvgIpc) is 2.53. The van der Waals surface area contributed by atoms with Crippen LogP contribution < -0.4 is 10.6 Å². The number of benzene rings is 1. The predicted molar refractivity (Wildman–Crippen MR) is 120 cm³/mol. The van der Waals surface area contributed by atoms with Crippen molar-refractivity contribution in [1.82, 2.24) is 20.4 Å². The lowest BCUT2D eigenvalue weighted by Crippen LogP contribution is -2.44. The van der Waals surface area contributed by atoms with Gasteiger partial charge >= 0.3 is 0 Å². The van der Waals surface area contributed by atoms with Crippen molar-refractivity contribution in [3.63, 3.8) is 0 Å². The molecule has 1 aromatic rings. The summed E-state index contributed by atoms with van der Waals surface area (Å²) in [4.78, 5) is 19.9. The Bertz CT molecular complexity index is 582. The van der Waals surface area contributed by atoms with Crippen LogP contribution in [0.5, 0.6) is 0 Å². The van der Waals surface area contributed by atoms with Gasteiger partial charge in [-0.2, -0.15) is 0 Å². The molecular weight excluding hydrogens is 441 g/mol. The Hall–Kier alpha value is -1.35. The third-order valence-electron chi connectivity index (χ3n) is 3.77. The zero-order valence-electron chi connectivity index (χ0n) is 17.1. The minimum Gasteiger partial charge on any atom is -0.356 e. The van der Waals surface area contributed by atoms with E-state index in [4.69, 9.17) is 0 Å². The van der Waals surface area contributed by atoms with E-state index in [1.165, 1.54) is 0 Å². The standard InChI is InChI=1S/C19H33N5O.HI/c1-19(2,14-23(4)5)13-22-18(20-3)21-12-15-8-10-16(11-9-15)17(25)24(6)7;/h8-11H,12-14H2,1-7H3,(H2,20,21,22);1H. The van der Waals surface area contributed by atoms with Gasteiger partial charge in [-0.15, -0.1) is 24.0 Å². The second-order valence-electron chi connectivity index (χ2n) is 7.58. The summed E-state index contributed by atoms with van der Waals surface area (Å²) >= 11 is 0. The van der Waals surface area contributed by atoms with E-state index < -0.39 is 0 Å². The molecule has 0 atom stereocenters. The van der Waals surface area contributed by atoms with Crippen molar-refractivity contribution in [2.24, 2.45) is 10.4 Å². The van der Waals surface area contributed by atoms with E-state index >= 15 is 0 Å². The maximum atomic E-state index is 11.9. The maximum Gasteiger partial charge on any atom is 0.253 e.